The van der Waals surface area contributed by atoms with E-state index in [1.165, 1.54) is 6.07 Å². The molecule has 20 heavy (non-hydrogen) atoms. The lowest BCUT2D eigenvalue weighted by molar-refractivity contribution is -0.149. The zero-order chi connectivity index (χ0) is 14.0. The summed E-state index contributed by atoms with van der Waals surface area (Å²) in [6, 6.07) is 16.2. The fourth-order valence-electron chi connectivity index (χ4n) is 2.75. The number of hydrogen-bond acceptors (Lipinski definition) is 2. The molecule has 1 saturated heterocycles. The van der Waals surface area contributed by atoms with Crippen molar-refractivity contribution in [1.82, 2.24) is 0 Å². The van der Waals surface area contributed by atoms with Crippen molar-refractivity contribution in [3.05, 3.63) is 71.5 Å². The summed E-state index contributed by atoms with van der Waals surface area (Å²) in [5.74, 6) is -0.476. The normalized spacial score (nSPS) is 21.8. The topological polar surface area (TPSA) is 26.3 Å². The van der Waals surface area contributed by atoms with Crippen LogP contribution in [-0.2, 0) is 21.6 Å². The summed E-state index contributed by atoms with van der Waals surface area (Å²) in [7, 11) is 0. The lowest BCUT2D eigenvalue weighted by Gasteiger charge is -2.28. The van der Waals surface area contributed by atoms with Crippen molar-refractivity contribution in [1.29, 1.82) is 0 Å². The SMILES string of the molecule is O=C1CCC(Cc2ccccc2F)(c2ccccc2)O1. The maximum atomic E-state index is 13.9. The molecular weight excluding hydrogens is 255 g/mol. The van der Waals surface area contributed by atoms with E-state index >= 15 is 0 Å². The van der Waals surface area contributed by atoms with Crippen LogP contribution in [0.1, 0.15) is 24.0 Å². The summed E-state index contributed by atoms with van der Waals surface area (Å²) < 4.78 is 19.5. The van der Waals surface area contributed by atoms with E-state index in [0.717, 1.165) is 5.56 Å². The molecule has 0 aliphatic carbocycles. The first-order valence-electron chi connectivity index (χ1n) is 6.70. The lowest BCUT2D eigenvalue weighted by Crippen LogP contribution is -2.29. The van der Waals surface area contributed by atoms with Gasteiger partial charge in [0.1, 0.15) is 11.4 Å². The number of benzene rings is 2. The Labute approximate surface area is 117 Å². The van der Waals surface area contributed by atoms with Gasteiger partial charge in [0.05, 0.1) is 0 Å². The first-order chi connectivity index (χ1) is 9.70. The fourth-order valence-corrected chi connectivity index (χ4v) is 2.75. The average Bonchev–Trinajstić information content (AvgIpc) is 2.85. The fraction of sp³-hybridized carbons (Fsp3) is 0.235. The summed E-state index contributed by atoms with van der Waals surface area (Å²) in [5, 5.41) is 0. The van der Waals surface area contributed by atoms with Gasteiger partial charge in [-0.15, -0.1) is 0 Å². The molecule has 1 aliphatic heterocycles. The molecule has 0 radical (unpaired) electrons. The number of ether oxygens (including phenoxy) is 1. The number of hydrogen-bond donors (Lipinski definition) is 0. The standard InChI is InChI=1S/C17H15FO2/c18-15-9-5-4-6-13(15)12-17(11-10-16(19)20-17)14-7-2-1-3-8-14/h1-9H,10-12H2. The van der Waals surface area contributed by atoms with Gasteiger partial charge < -0.3 is 4.74 Å². The number of halogens is 1. The van der Waals surface area contributed by atoms with Gasteiger partial charge in [-0.3, -0.25) is 4.79 Å². The quantitative estimate of drug-likeness (QED) is 0.796. The number of carbonyl (C=O) groups excluding carboxylic acids is 1. The monoisotopic (exact) mass is 270 g/mol. The molecule has 2 aromatic rings. The smallest absolute Gasteiger partial charge is 0.306 e. The Morgan fingerprint density at radius 1 is 1.05 bits per heavy atom. The summed E-state index contributed by atoms with van der Waals surface area (Å²) in [4.78, 5) is 11.6. The molecule has 1 unspecified atom stereocenters. The number of esters is 1. The Bertz CT molecular complexity index is 624. The Balaban J connectivity index is 2.00. The van der Waals surface area contributed by atoms with Crippen molar-refractivity contribution >= 4 is 5.97 Å². The molecule has 1 atom stereocenters. The van der Waals surface area contributed by atoms with Gasteiger partial charge >= 0.3 is 5.97 Å². The predicted molar refractivity (Wildman–Crippen MR) is 73.6 cm³/mol. The maximum Gasteiger partial charge on any atom is 0.306 e. The molecule has 0 bridgehead atoms. The molecule has 3 rings (SSSR count). The van der Waals surface area contributed by atoms with Crippen LogP contribution < -0.4 is 0 Å². The van der Waals surface area contributed by atoms with Crippen molar-refractivity contribution in [2.45, 2.75) is 24.9 Å². The summed E-state index contributed by atoms with van der Waals surface area (Å²) in [5.41, 5.74) is 0.765. The van der Waals surface area contributed by atoms with E-state index in [4.69, 9.17) is 4.74 Å². The van der Waals surface area contributed by atoms with Crippen LogP contribution in [0.25, 0.3) is 0 Å². The molecule has 1 heterocycles. The molecule has 102 valence electrons. The zero-order valence-electron chi connectivity index (χ0n) is 11.0. The van der Waals surface area contributed by atoms with Crippen LogP contribution in [0.5, 0.6) is 0 Å². The Kier molecular flexibility index (Phi) is 3.26. The second-order valence-corrected chi connectivity index (χ2v) is 5.10. The molecule has 2 nitrogen and oxygen atoms in total. The molecule has 2 aromatic carbocycles. The van der Waals surface area contributed by atoms with Gasteiger partial charge in [0.15, 0.2) is 0 Å². The van der Waals surface area contributed by atoms with Gasteiger partial charge in [-0.25, -0.2) is 4.39 Å². The molecule has 0 saturated carbocycles. The second-order valence-electron chi connectivity index (χ2n) is 5.10. The highest BCUT2D eigenvalue weighted by atomic mass is 19.1. The lowest BCUT2D eigenvalue weighted by atomic mass is 9.85. The first kappa shape index (κ1) is 12.9. The van der Waals surface area contributed by atoms with Gasteiger partial charge in [0.2, 0.25) is 0 Å². The molecule has 0 spiro atoms. The Hall–Kier alpha value is -2.16. The van der Waals surface area contributed by atoms with E-state index < -0.39 is 5.60 Å². The third-order valence-electron chi connectivity index (χ3n) is 3.78. The number of cyclic esters (lactones) is 1. The van der Waals surface area contributed by atoms with Crippen molar-refractivity contribution in [3.63, 3.8) is 0 Å². The average molecular weight is 270 g/mol. The van der Waals surface area contributed by atoms with E-state index in [1.807, 2.05) is 30.3 Å². The van der Waals surface area contributed by atoms with Gasteiger partial charge in [0.25, 0.3) is 0 Å². The summed E-state index contributed by atoms with van der Waals surface area (Å²) in [6.07, 6.45) is 1.34. The zero-order valence-corrected chi connectivity index (χ0v) is 11.0. The van der Waals surface area contributed by atoms with Crippen LogP contribution in [0.2, 0.25) is 0 Å². The molecule has 1 fully saturated rings. The maximum absolute atomic E-state index is 13.9. The largest absolute Gasteiger partial charge is 0.454 e. The van der Waals surface area contributed by atoms with Crippen molar-refractivity contribution in [3.8, 4) is 0 Å². The minimum Gasteiger partial charge on any atom is -0.454 e. The van der Waals surface area contributed by atoms with Crippen LogP contribution in [-0.4, -0.2) is 5.97 Å². The molecule has 3 heteroatoms. The van der Waals surface area contributed by atoms with Crippen LogP contribution >= 0.6 is 0 Å². The third-order valence-corrected chi connectivity index (χ3v) is 3.78. The van der Waals surface area contributed by atoms with Crippen molar-refractivity contribution in [2.24, 2.45) is 0 Å². The molecule has 1 aliphatic rings. The first-order valence-corrected chi connectivity index (χ1v) is 6.70. The minimum atomic E-state index is -0.736. The highest BCUT2D eigenvalue weighted by Crippen LogP contribution is 2.40. The van der Waals surface area contributed by atoms with Gasteiger partial charge in [-0.1, -0.05) is 48.5 Å². The van der Waals surface area contributed by atoms with Crippen LogP contribution in [0.4, 0.5) is 4.39 Å². The Morgan fingerprint density at radius 2 is 1.75 bits per heavy atom. The van der Waals surface area contributed by atoms with E-state index in [9.17, 15) is 9.18 Å². The highest BCUT2D eigenvalue weighted by Gasteiger charge is 2.42. The highest BCUT2D eigenvalue weighted by molar-refractivity contribution is 5.72. The van der Waals surface area contributed by atoms with Crippen molar-refractivity contribution in [2.75, 3.05) is 0 Å². The molecular formula is C17H15FO2. The van der Waals surface area contributed by atoms with Crippen LogP contribution in [0, 0.1) is 5.82 Å². The molecule has 0 N–H and O–H groups in total. The van der Waals surface area contributed by atoms with Crippen molar-refractivity contribution < 1.29 is 13.9 Å². The molecule has 0 aromatic heterocycles. The Morgan fingerprint density at radius 3 is 2.40 bits per heavy atom. The van der Waals surface area contributed by atoms with E-state index in [1.54, 1.807) is 18.2 Å². The van der Waals surface area contributed by atoms with Gasteiger partial charge in [-0.05, 0) is 17.2 Å². The minimum absolute atomic E-state index is 0.217. The third kappa shape index (κ3) is 2.31. The second kappa shape index (κ2) is 5.08. The van der Waals surface area contributed by atoms with E-state index in [-0.39, 0.29) is 11.8 Å². The van der Waals surface area contributed by atoms with Crippen LogP contribution in [0.15, 0.2) is 54.6 Å². The summed E-state index contributed by atoms with van der Waals surface area (Å²) >= 11 is 0. The van der Waals surface area contributed by atoms with Gasteiger partial charge in [0, 0.05) is 19.3 Å². The number of rotatable bonds is 3. The summed E-state index contributed by atoms with van der Waals surface area (Å²) in [6.45, 7) is 0. The predicted octanol–water partition coefficient (Wildman–Crippen LogP) is 3.60. The van der Waals surface area contributed by atoms with Crippen LogP contribution in [0.3, 0.4) is 0 Å². The van der Waals surface area contributed by atoms with E-state index in [2.05, 4.69) is 0 Å². The molecule has 0 amide bonds. The van der Waals surface area contributed by atoms with Gasteiger partial charge in [-0.2, -0.15) is 0 Å². The van der Waals surface area contributed by atoms with E-state index in [0.29, 0.717) is 24.8 Å². The number of carbonyl (C=O) groups is 1.